The molecule has 7 aromatic carbocycles. The summed E-state index contributed by atoms with van der Waals surface area (Å²) in [6.45, 7) is 14.8. The van der Waals surface area contributed by atoms with Crippen molar-refractivity contribution in [1.29, 1.82) is 0 Å². The number of hydrogen-bond acceptors (Lipinski definition) is 0. The predicted molar refractivity (Wildman–Crippen MR) is 276 cm³/mol. The van der Waals surface area contributed by atoms with E-state index in [0.29, 0.717) is 0 Å². The fourth-order valence-electron chi connectivity index (χ4n) is 7.20. The van der Waals surface area contributed by atoms with Crippen molar-refractivity contribution < 1.29 is 0 Å². The van der Waals surface area contributed by atoms with E-state index in [0.717, 1.165) is 84.3 Å². The van der Waals surface area contributed by atoms with Gasteiger partial charge in [0.1, 0.15) is 0 Å². The summed E-state index contributed by atoms with van der Waals surface area (Å²) in [5.41, 5.74) is 18.2. The van der Waals surface area contributed by atoms with E-state index in [-0.39, 0.29) is 5.41 Å². The number of aryl methyl sites for hydroxylation is 3. The van der Waals surface area contributed by atoms with Crippen LogP contribution in [0.25, 0.3) is 11.1 Å². The number of allylic oxidation sites excluding steroid dienone is 4. The molecule has 0 radical (unpaired) electrons. The lowest BCUT2D eigenvalue weighted by Crippen LogP contribution is -2.08. The molecule has 314 valence electrons. The molecule has 1 aliphatic carbocycles. The van der Waals surface area contributed by atoms with Gasteiger partial charge in [-0.25, -0.2) is 0 Å². The minimum absolute atomic E-state index is 0.170. The molecule has 0 fully saturated rings. The van der Waals surface area contributed by atoms with Crippen LogP contribution in [0.5, 0.6) is 0 Å². The van der Waals surface area contributed by atoms with E-state index in [2.05, 4.69) is 270 Å². The zero-order chi connectivity index (χ0) is 45.6. The molecule has 0 spiro atoms. The van der Waals surface area contributed by atoms with Crippen molar-refractivity contribution in [1.82, 2.24) is 0 Å². The van der Waals surface area contributed by atoms with Gasteiger partial charge in [-0.2, -0.15) is 0 Å². The molecule has 0 N–H and O–H groups in total. The quantitative estimate of drug-likeness (QED) is 0.122. The standard InChI is InChI=1S/C63H48.C2H6/c1-46-6-12-49(13-7-46)18-21-52-26-34-57(35-27-52)61(58-36-28-53(29-37-58)22-19-50-14-8-47(2)9-15-50)62(59-38-30-54(31-39-59)23-20-51-16-10-48(3)11-17-51)60-40-32-55(33-41-60)24-25-56-42-44-63(4,5)45-43-56;1-2/h6-17,26-44H,45H2,1-5H3;1-2H3. The van der Waals surface area contributed by atoms with Gasteiger partial charge in [0.25, 0.3) is 0 Å². The Hall–Kier alpha value is -8.00. The Bertz CT molecular complexity index is 2990. The lowest BCUT2D eigenvalue weighted by Gasteiger charge is -2.20. The maximum atomic E-state index is 3.42. The summed E-state index contributed by atoms with van der Waals surface area (Å²) in [5, 5.41) is 0. The first-order chi connectivity index (χ1) is 31.6. The van der Waals surface area contributed by atoms with E-state index < -0.39 is 0 Å². The van der Waals surface area contributed by atoms with Crippen molar-refractivity contribution in [3.05, 3.63) is 272 Å². The zero-order valence-electron chi connectivity index (χ0n) is 38.6. The van der Waals surface area contributed by atoms with Crippen molar-refractivity contribution in [2.45, 2.75) is 54.9 Å². The van der Waals surface area contributed by atoms with Gasteiger partial charge >= 0.3 is 0 Å². The van der Waals surface area contributed by atoms with Crippen LogP contribution in [0.4, 0.5) is 0 Å². The smallest absolute Gasteiger partial charge is 0.0249 e. The summed E-state index contributed by atoms with van der Waals surface area (Å²) in [4.78, 5) is 0. The molecule has 1 aliphatic rings. The van der Waals surface area contributed by atoms with Crippen molar-refractivity contribution >= 4 is 11.1 Å². The molecule has 8 rings (SSSR count). The first kappa shape index (κ1) is 45.0. The Morgan fingerprint density at radius 2 is 0.569 bits per heavy atom. The molecule has 0 bridgehead atoms. The lowest BCUT2D eigenvalue weighted by atomic mass is 9.84. The second-order valence-electron chi connectivity index (χ2n) is 16.8. The largest absolute Gasteiger partial charge is 0.0773 e. The van der Waals surface area contributed by atoms with Crippen molar-refractivity contribution in [3.63, 3.8) is 0 Å². The fourth-order valence-corrected chi connectivity index (χ4v) is 7.20. The van der Waals surface area contributed by atoms with E-state index in [4.69, 9.17) is 0 Å². The highest BCUT2D eigenvalue weighted by Crippen LogP contribution is 2.37. The average molecular weight is 835 g/mol. The van der Waals surface area contributed by atoms with Gasteiger partial charge in [0, 0.05) is 44.5 Å². The van der Waals surface area contributed by atoms with Crippen LogP contribution >= 0.6 is 0 Å². The minimum Gasteiger partial charge on any atom is -0.0773 e. The van der Waals surface area contributed by atoms with Crippen LogP contribution in [0, 0.1) is 73.5 Å². The molecular weight excluding hydrogens is 781 g/mol. The molecule has 0 aliphatic heterocycles. The van der Waals surface area contributed by atoms with Crippen LogP contribution in [-0.2, 0) is 0 Å². The van der Waals surface area contributed by atoms with Crippen molar-refractivity contribution in [3.8, 4) is 47.4 Å². The summed E-state index contributed by atoms with van der Waals surface area (Å²) in [5.74, 6) is 27.0. The first-order valence-electron chi connectivity index (χ1n) is 22.5. The summed E-state index contributed by atoms with van der Waals surface area (Å²) >= 11 is 0. The monoisotopic (exact) mass is 834 g/mol. The van der Waals surface area contributed by atoms with Crippen LogP contribution in [0.3, 0.4) is 0 Å². The van der Waals surface area contributed by atoms with E-state index in [1.807, 2.05) is 13.8 Å². The molecule has 0 amide bonds. The molecule has 0 nitrogen and oxygen atoms in total. The average Bonchev–Trinajstić information content (AvgIpc) is 3.34. The third kappa shape index (κ3) is 12.6. The molecular formula is C65H54. The Kier molecular flexibility index (Phi) is 14.8. The van der Waals surface area contributed by atoms with Crippen molar-refractivity contribution in [2.75, 3.05) is 0 Å². The summed E-state index contributed by atoms with van der Waals surface area (Å²) in [7, 11) is 0. The molecule has 7 aromatic rings. The Morgan fingerprint density at radius 1 is 0.338 bits per heavy atom. The third-order valence-corrected chi connectivity index (χ3v) is 11.1. The molecule has 0 saturated carbocycles. The number of benzene rings is 7. The highest BCUT2D eigenvalue weighted by molar-refractivity contribution is 6.04. The van der Waals surface area contributed by atoms with Crippen molar-refractivity contribution in [2.24, 2.45) is 5.41 Å². The summed E-state index contributed by atoms with van der Waals surface area (Å²) in [6.07, 6.45) is 7.62. The Labute approximate surface area is 388 Å². The second kappa shape index (κ2) is 21.4. The fraction of sp³-hybridized carbons (Fsp3) is 0.138. The summed E-state index contributed by atoms with van der Waals surface area (Å²) < 4.78 is 0. The molecule has 0 saturated heterocycles. The van der Waals surface area contributed by atoms with E-state index in [1.165, 1.54) is 16.7 Å². The number of rotatable bonds is 4. The minimum atomic E-state index is 0.170. The first-order valence-corrected chi connectivity index (χ1v) is 22.5. The third-order valence-electron chi connectivity index (χ3n) is 11.1. The maximum absolute atomic E-state index is 3.42. The normalized spacial score (nSPS) is 11.8. The lowest BCUT2D eigenvalue weighted by molar-refractivity contribution is 0.483. The van der Waals surface area contributed by atoms with Gasteiger partial charge in [0.2, 0.25) is 0 Å². The Balaban J connectivity index is 0.00000311. The van der Waals surface area contributed by atoms with Gasteiger partial charge in [0.15, 0.2) is 0 Å². The Morgan fingerprint density at radius 3 is 0.800 bits per heavy atom. The number of hydrogen-bond donors (Lipinski definition) is 0. The van der Waals surface area contributed by atoms with Gasteiger partial charge in [-0.3, -0.25) is 0 Å². The van der Waals surface area contributed by atoms with Crippen LogP contribution in [0.1, 0.15) is 112 Å². The second-order valence-corrected chi connectivity index (χ2v) is 16.8. The molecule has 65 heavy (non-hydrogen) atoms. The summed E-state index contributed by atoms with van der Waals surface area (Å²) in [6, 6.07) is 59.5. The van der Waals surface area contributed by atoms with E-state index in [1.54, 1.807) is 0 Å². The predicted octanol–water partition coefficient (Wildman–Crippen LogP) is 15.1. The van der Waals surface area contributed by atoms with Crippen LogP contribution in [0.15, 0.2) is 194 Å². The molecule has 0 heteroatoms. The van der Waals surface area contributed by atoms with Gasteiger partial charge in [-0.1, -0.05) is 195 Å². The van der Waals surface area contributed by atoms with E-state index in [9.17, 15) is 0 Å². The van der Waals surface area contributed by atoms with Crippen LogP contribution < -0.4 is 0 Å². The SMILES string of the molecule is CC.Cc1ccc(C#Cc2ccc(C(=C(c3ccc(C#Cc4ccc(C)cc4)cc3)c3ccc(C#Cc4ccc(C)cc4)cc3)c3ccc(C#CC4=CCC(C)(C)C=C4)cc3)cc2)cc1. The van der Waals surface area contributed by atoms with Gasteiger partial charge < -0.3 is 0 Å². The molecule has 0 heterocycles. The van der Waals surface area contributed by atoms with Gasteiger partial charge in [-0.15, -0.1) is 0 Å². The maximum Gasteiger partial charge on any atom is 0.0249 e. The van der Waals surface area contributed by atoms with Gasteiger partial charge in [-0.05, 0) is 151 Å². The topological polar surface area (TPSA) is 0 Å². The molecule has 0 unspecified atom stereocenters. The van der Waals surface area contributed by atoms with E-state index >= 15 is 0 Å². The molecule has 0 atom stereocenters. The van der Waals surface area contributed by atoms with Gasteiger partial charge in [0.05, 0.1) is 0 Å². The highest BCUT2D eigenvalue weighted by Gasteiger charge is 2.18. The zero-order valence-corrected chi connectivity index (χ0v) is 38.6. The highest BCUT2D eigenvalue weighted by atomic mass is 14.2. The van der Waals surface area contributed by atoms with Crippen LogP contribution in [0.2, 0.25) is 0 Å². The molecule has 0 aromatic heterocycles. The van der Waals surface area contributed by atoms with Crippen LogP contribution in [-0.4, -0.2) is 0 Å².